The molecule has 1 unspecified atom stereocenters. The average molecular weight is 200 g/mol. The minimum Gasteiger partial charge on any atom is -0.422 e. The molecule has 0 N–H and O–H groups in total. The number of hydrogen-bond donors (Lipinski definition) is 0. The number of rotatable bonds is 9. The van der Waals surface area contributed by atoms with E-state index in [4.69, 9.17) is 4.43 Å². The number of hydrogen-bond acceptors (Lipinski definition) is 1. The van der Waals surface area contributed by atoms with Crippen molar-refractivity contribution in [3.8, 4) is 0 Å². The zero-order chi connectivity index (χ0) is 9.94. The molecule has 0 spiro atoms. The molecule has 1 atom stereocenters. The summed E-state index contributed by atoms with van der Waals surface area (Å²) in [5, 5.41) is 0. The van der Waals surface area contributed by atoms with Crippen LogP contribution in [0.4, 0.5) is 0 Å². The first-order valence-electron chi connectivity index (χ1n) is 5.50. The number of unbranched alkanes of at least 4 members (excludes halogenated alkanes) is 5. The first-order valence-corrected chi connectivity index (χ1v) is 6.32. The van der Waals surface area contributed by atoms with E-state index in [0.29, 0.717) is 6.10 Å². The second kappa shape index (κ2) is 10.0. The lowest BCUT2D eigenvalue weighted by molar-refractivity contribution is 0.256. The molecule has 2 heteroatoms. The van der Waals surface area contributed by atoms with Crippen LogP contribution in [0.25, 0.3) is 0 Å². The zero-order valence-corrected chi connectivity index (χ0v) is 11.2. The standard InChI is InChI=1S/C11H24OSi/c1-3-5-6-7-8-9-10-11(4-2)12-13/h4,11H,2-3,5-10H2,1,13H3. The first-order chi connectivity index (χ1) is 6.35. The van der Waals surface area contributed by atoms with Crippen LogP contribution in [-0.4, -0.2) is 16.6 Å². The molecule has 0 aliphatic rings. The molecule has 78 valence electrons. The van der Waals surface area contributed by atoms with Crippen molar-refractivity contribution < 1.29 is 4.43 Å². The second-order valence-corrected chi connectivity index (χ2v) is 4.04. The van der Waals surface area contributed by atoms with Crippen molar-refractivity contribution in [1.82, 2.24) is 0 Å². The first kappa shape index (κ1) is 12.9. The Kier molecular flexibility index (Phi) is 9.94. The van der Waals surface area contributed by atoms with E-state index in [1.54, 1.807) is 0 Å². The highest BCUT2D eigenvalue weighted by molar-refractivity contribution is 5.98. The summed E-state index contributed by atoms with van der Waals surface area (Å²) in [4.78, 5) is 0. The van der Waals surface area contributed by atoms with Gasteiger partial charge in [0.25, 0.3) is 0 Å². The van der Waals surface area contributed by atoms with Gasteiger partial charge in [0.15, 0.2) is 0 Å². The van der Waals surface area contributed by atoms with E-state index in [2.05, 4.69) is 13.5 Å². The van der Waals surface area contributed by atoms with Gasteiger partial charge in [-0.25, -0.2) is 0 Å². The Bertz CT molecular complexity index is 115. The Morgan fingerprint density at radius 2 is 1.85 bits per heavy atom. The maximum absolute atomic E-state index is 5.35. The van der Waals surface area contributed by atoms with E-state index in [-0.39, 0.29) is 0 Å². The van der Waals surface area contributed by atoms with Crippen LogP contribution in [0.5, 0.6) is 0 Å². The zero-order valence-electron chi connectivity index (χ0n) is 9.22. The molecule has 0 aromatic carbocycles. The predicted octanol–water partition coefficient (Wildman–Crippen LogP) is 2.59. The summed E-state index contributed by atoms with van der Waals surface area (Å²) in [6.07, 6.45) is 11.6. The van der Waals surface area contributed by atoms with E-state index in [1.807, 2.05) is 6.08 Å². The highest BCUT2D eigenvalue weighted by Gasteiger charge is 1.99. The summed E-state index contributed by atoms with van der Waals surface area (Å²) in [5.41, 5.74) is 0. The summed E-state index contributed by atoms with van der Waals surface area (Å²) in [7, 11) is 0.831. The lowest BCUT2D eigenvalue weighted by Crippen LogP contribution is -2.06. The lowest BCUT2D eigenvalue weighted by Gasteiger charge is -2.10. The molecule has 0 rings (SSSR count). The largest absolute Gasteiger partial charge is 0.422 e. The molecular formula is C11H24OSi. The smallest absolute Gasteiger partial charge is 0.146 e. The minimum absolute atomic E-state index is 0.331. The third-order valence-electron chi connectivity index (χ3n) is 2.41. The van der Waals surface area contributed by atoms with Crippen LogP contribution in [0.15, 0.2) is 12.7 Å². The molecule has 0 saturated heterocycles. The molecule has 0 heterocycles. The van der Waals surface area contributed by atoms with E-state index in [9.17, 15) is 0 Å². The molecule has 0 fully saturated rings. The van der Waals surface area contributed by atoms with Crippen molar-refractivity contribution in [2.24, 2.45) is 0 Å². The van der Waals surface area contributed by atoms with Crippen molar-refractivity contribution in [3.63, 3.8) is 0 Å². The van der Waals surface area contributed by atoms with E-state index >= 15 is 0 Å². The fraction of sp³-hybridized carbons (Fsp3) is 0.818. The van der Waals surface area contributed by atoms with Gasteiger partial charge in [-0.15, -0.1) is 6.58 Å². The van der Waals surface area contributed by atoms with Crippen LogP contribution < -0.4 is 0 Å². The Hall–Kier alpha value is -0.0831. The van der Waals surface area contributed by atoms with Gasteiger partial charge in [-0.05, 0) is 6.42 Å². The molecule has 0 aliphatic carbocycles. The molecule has 0 aromatic rings. The van der Waals surface area contributed by atoms with E-state index in [1.165, 1.54) is 44.9 Å². The topological polar surface area (TPSA) is 9.23 Å². The Balaban J connectivity index is 3.10. The lowest BCUT2D eigenvalue weighted by atomic mass is 10.1. The molecule has 0 radical (unpaired) electrons. The van der Waals surface area contributed by atoms with Crippen molar-refractivity contribution in [1.29, 1.82) is 0 Å². The van der Waals surface area contributed by atoms with Crippen molar-refractivity contribution >= 4 is 10.5 Å². The Morgan fingerprint density at radius 3 is 2.38 bits per heavy atom. The minimum atomic E-state index is 0.331. The van der Waals surface area contributed by atoms with Gasteiger partial charge >= 0.3 is 0 Å². The Morgan fingerprint density at radius 1 is 1.23 bits per heavy atom. The monoisotopic (exact) mass is 200 g/mol. The molecule has 0 aromatic heterocycles. The summed E-state index contributed by atoms with van der Waals surface area (Å²) in [6.45, 7) is 6.01. The van der Waals surface area contributed by atoms with Crippen LogP contribution >= 0.6 is 0 Å². The summed E-state index contributed by atoms with van der Waals surface area (Å²) >= 11 is 0. The molecule has 1 nitrogen and oxygen atoms in total. The summed E-state index contributed by atoms with van der Waals surface area (Å²) in [5.74, 6) is 0. The maximum atomic E-state index is 5.35. The third kappa shape index (κ3) is 8.25. The van der Waals surface area contributed by atoms with Crippen LogP contribution in [0.2, 0.25) is 0 Å². The summed E-state index contributed by atoms with van der Waals surface area (Å²) in [6, 6.07) is 0. The van der Waals surface area contributed by atoms with Gasteiger partial charge in [0.05, 0.1) is 6.10 Å². The van der Waals surface area contributed by atoms with E-state index < -0.39 is 0 Å². The highest BCUT2D eigenvalue weighted by atomic mass is 28.2. The molecule has 0 aliphatic heterocycles. The fourth-order valence-corrected chi connectivity index (χ4v) is 1.89. The van der Waals surface area contributed by atoms with Crippen molar-refractivity contribution in [2.75, 3.05) is 0 Å². The maximum Gasteiger partial charge on any atom is 0.146 e. The Labute approximate surface area is 86.1 Å². The third-order valence-corrected chi connectivity index (χ3v) is 3.01. The molecule has 0 saturated carbocycles. The van der Waals surface area contributed by atoms with Crippen LogP contribution in [0.3, 0.4) is 0 Å². The molecular weight excluding hydrogens is 176 g/mol. The quantitative estimate of drug-likeness (QED) is 0.316. The van der Waals surface area contributed by atoms with Gasteiger partial charge in [0.2, 0.25) is 0 Å². The van der Waals surface area contributed by atoms with Crippen molar-refractivity contribution in [2.45, 2.75) is 58.0 Å². The van der Waals surface area contributed by atoms with Gasteiger partial charge in [0.1, 0.15) is 10.5 Å². The fourth-order valence-electron chi connectivity index (χ4n) is 1.46. The molecule has 0 amide bonds. The molecule has 0 bridgehead atoms. The molecule has 13 heavy (non-hydrogen) atoms. The van der Waals surface area contributed by atoms with Crippen LogP contribution in [0, 0.1) is 0 Å². The SMILES string of the molecule is C=CC(CCCCCCCC)O[SiH3]. The van der Waals surface area contributed by atoms with Gasteiger partial charge < -0.3 is 4.43 Å². The van der Waals surface area contributed by atoms with Crippen molar-refractivity contribution in [3.05, 3.63) is 12.7 Å². The van der Waals surface area contributed by atoms with Gasteiger partial charge in [0, 0.05) is 0 Å². The van der Waals surface area contributed by atoms with E-state index in [0.717, 1.165) is 10.5 Å². The predicted molar refractivity (Wildman–Crippen MR) is 63.0 cm³/mol. The van der Waals surface area contributed by atoms with Crippen LogP contribution in [0.1, 0.15) is 51.9 Å². The highest BCUT2D eigenvalue weighted by Crippen LogP contribution is 2.10. The van der Waals surface area contributed by atoms with Gasteiger partial charge in [-0.1, -0.05) is 51.5 Å². The normalized spacial score (nSPS) is 13.0. The van der Waals surface area contributed by atoms with Crippen LogP contribution in [-0.2, 0) is 4.43 Å². The summed E-state index contributed by atoms with van der Waals surface area (Å²) < 4.78 is 5.35. The van der Waals surface area contributed by atoms with Gasteiger partial charge in [-0.2, -0.15) is 0 Å². The van der Waals surface area contributed by atoms with Gasteiger partial charge in [-0.3, -0.25) is 0 Å². The second-order valence-electron chi connectivity index (χ2n) is 3.57. The average Bonchev–Trinajstić information content (AvgIpc) is 2.17.